The number of urea groups is 1. The molecule has 4 rings (SSSR count). The van der Waals surface area contributed by atoms with Gasteiger partial charge >= 0.3 is 6.03 Å². The molecule has 0 saturated heterocycles. The molecule has 0 bridgehead atoms. The molecule has 10 nitrogen and oxygen atoms in total. The normalized spacial score (nSPS) is 22.5. The first-order valence-electron chi connectivity index (χ1n) is 16.9. The fourth-order valence-corrected chi connectivity index (χ4v) is 6.30. The van der Waals surface area contributed by atoms with Gasteiger partial charge in [-0.15, -0.1) is 0 Å². The number of hydrogen-bond acceptors (Lipinski definition) is 6. The van der Waals surface area contributed by atoms with Crippen molar-refractivity contribution in [3.05, 3.63) is 54.1 Å². The second kappa shape index (κ2) is 17.3. The van der Waals surface area contributed by atoms with Crippen LogP contribution in [0.5, 0.6) is 5.75 Å². The molecule has 2 aliphatic rings. The number of aliphatic hydroxyl groups excluding tert-OH is 1. The average molecular weight is 637 g/mol. The number of ether oxygens (including phenoxy) is 2. The molecule has 4 amide bonds. The van der Waals surface area contributed by atoms with Crippen molar-refractivity contribution in [3.63, 3.8) is 0 Å². The van der Waals surface area contributed by atoms with Gasteiger partial charge in [-0.05, 0) is 76.3 Å². The molecule has 252 valence electrons. The number of anilines is 2. The minimum Gasteiger partial charge on any atom is -0.490 e. The van der Waals surface area contributed by atoms with Crippen LogP contribution in [0, 0.1) is 11.8 Å². The fourth-order valence-electron chi connectivity index (χ4n) is 6.30. The third kappa shape index (κ3) is 9.93. The van der Waals surface area contributed by atoms with Crippen molar-refractivity contribution in [3.8, 4) is 5.75 Å². The van der Waals surface area contributed by atoms with E-state index in [1.165, 1.54) is 6.42 Å². The summed E-state index contributed by atoms with van der Waals surface area (Å²) in [6.07, 6.45) is 7.30. The summed E-state index contributed by atoms with van der Waals surface area (Å²) in [6.45, 7) is 6.88. The van der Waals surface area contributed by atoms with Crippen LogP contribution in [0.1, 0.15) is 82.5 Å². The van der Waals surface area contributed by atoms with E-state index in [1.54, 1.807) is 42.2 Å². The van der Waals surface area contributed by atoms with Gasteiger partial charge in [0.15, 0.2) is 0 Å². The highest BCUT2D eigenvalue weighted by atomic mass is 16.5. The van der Waals surface area contributed by atoms with Crippen molar-refractivity contribution in [1.29, 1.82) is 0 Å². The molecule has 1 fully saturated rings. The van der Waals surface area contributed by atoms with E-state index in [0.717, 1.165) is 44.9 Å². The van der Waals surface area contributed by atoms with Gasteiger partial charge in [-0.25, -0.2) is 4.79 Å². The second-order valence-corrected chi connectivity index (χ2v) is 13.0. The lowest BCUT2D eigenvalue weighted by molar-refractivity contribution is -0.137. The van der Waals surface area contributed by atoms with E-state index >= 15 is 0 Å². The first-order valence-corrected chi connectivity index (χ1v) is 16.9. The number of carbonyl (C=O) groups is 3. The summed E-state index contributed by atoms with van der Waals surface area (Å²) >= 11 is 0. The van der Waals surface area contributed by atoms with Gasteiger partial charge in [0, 0.05) is 50.0 Å². The number of para-hydroxylation sites is 1. The highest BCUT2D eigenvalue weighted by Crippen LogP contribution is 2.29. The number of benzene rings is 2. The molecule has 3 N–H and O–H groups in total. The largest absolute Gasteiger partial charge is 0.490 e. The van der Waals surface area contributed by atoms with Crippen molar-refractivity contribution in [2.45, 2.75) is 90.4 Å². The van der Waals surface area contributed by atoms with Gasteiger partial charge in [0.1, 0.15) is 5.75 Å². The summed E-state index contributed by atoms with van der Waals surface area (Å²) < 4.78 is 12.7. The average Bonchev–Trinajstić information content (AvgIpc) is 3.06. The van der Waals surface area contributed by atoms with Crippen LogP contribution >= 0.6 is 0 Å². The smallest absolute Gasteiger partial charge is 0.323 e. The lowest BCUT2D eigenvalue weighted by Gasteiger charge is -2.36. The number of rotatable bonds is 7. The molecule has 10 heteroatoms. The van der Waals surface area contributed by atoms with E-state index in [9.17, 15) is 19.5 Å². The van der Waals surface area contributed by atoms with Gasteiger partial charge in [-0.1, -0.05) is 44.4 Å². The molecule has 4 atom stereocenters. The number of likely N-dealkylation sites (N-methyl/N-ethyl adjacent to an activating group) is 1. The molecule has 1 heterocycles. The molecule has 0 radical (unpaired) electrons. The maximum Gasteiger partial charge on any atom is 0.323 e. The Morgan fingerprint density at radius 2 is 1.67 bits per heavy atom. The molecule has 1 saturated carbocycles. The standard InChI is InChI=1S/C36H52N4O6/c1-25-22-40(26(2)24-41)35(43)31-21-30(38-36(44)37-29-16-9-6-10-17-29)18-19-32(31)46-27(3)13-11-12-20-45-33(25)23-39(4)34(42)28-14-7-5-8-15-28/h6,9-10,16-19,21,25-28,33,41H,5,7-8,11-15,20,22-24H2,1-4H3,(H2,37,38,44)/t25-,26+,27-,33-/m1/s1. The van der Waals surface area contributed by atoms with Crippen molar-refractivity contribution in [2.24, 2.45) is 11.8 Å². The zero-order valence-corrected chi connectivity index (χ0v) is 27.9. The molecule has 2 aromatic carbocycles. The van der Waals surface area contributed by atoms with Crippen LogP contribution in [0.2, 0.25) is 0 Å². The van der Waals surface area contributed by atoms with Gasteiger partial charge in [0.2, 0.25) is 5.91 Å². The van der Waals surface area contributed by atoms with E-state index in [-0.39, 0.29) is 42.5 Å². The Balaban J connectivity index is 1.58. The van der Waals surface area contributed by atoms with Crippen molar-refractivity contribution >= 4 is 29.2 Å². The van der Waals surface area contributed by atoms with E-state index < -0.39 is 12.1 Å². The lowest BCUT2D eigenvalue weighted by Crippen LogP contribution is -2.48. The predicted molar refractivity (Wildman–Crippen MR) is 180 cm³/mol. The van der Waals surface area contributed by atoms with Crippen LogP contribution in [0.3, 0.4) is 0 Å². The minimum absolute atomic E-state index is 0.0654. The molecular weight excluding hydrogens is 584 g/mol. The number of hydrogen-bond donors (Lipinski definition) is 3. The van der Waals surface area contributed by atoms with Crippen LogP contribution in [0.4, 0.5) is 16.2 Å². The zero-order valence-electron chi connectivity index (χ0n) is 27.9. The summed E-state index contributed by atoms with van der Waals surface area (Å²) in [5.74, 6) is 0.212. The summed E-state index contributed by atoms with van der Waals surface area (Å²) in [4.78, 5) is 43.9. The van der Waals surface area contributed by atoms with E-state index in [0.29, 0.717) is 42.4 Å². The number of nitrogens with one attached hydrogen (secondary N) is 2. The number of amides is 4. The van der Waals surface area contributed by atoms with Gasteiger partial charge in [0.25, 0.3) is 5.91 Å². The van der Waals surface area contributed by atoms with E-state index in [1.807, 2.05) is 44.0 Å². The van der Waals surface area contributed by atoms with Crippen LogP contribution in [-0.4, -0.2) is 84.4 Å². The van der Waals surface area contributed by atoms with Gasteiger partial charge < -0.3 is 35.0 Å². The van der Waals surface area contributed by atoms with Crippen LogP contribution < -0.4 is 15.4 Å². The third-order valence-electron chi connectivity index (χ3n) is 9.13. The Morgan fingerprint density at radius 3 is 2.39 bits per heavy atom. The molecule has 46 heavy (non-hydrogen) atoms. The van der Waals surface area contributed by atoms with Gasteiger partial charge in [-0.3, -0.25) is 9.59 Å². The second-order valence-electron chi connectivity index (χ2n) is 13.0. The van der Waals surface area contributed by atoms with E-state index in [4.69, 9.17) is 9.47 Å². The SMILES string of the molecule is C[C@@H]1CCCCO[C@H](CN(C)C(=O)C2CCCCC2)[C@H](C)CN([C@@H](C)CO)C(=O)c2cc(NC(=O)Nc3ccccc3)ccc2O1. The summed E-state index contributed by atoms with van der Waals surface area (Å²) in [7, 11) is 1.86. The molecule has 0 aromatic heterocycles. The quantitative estimate of drug-likeness (QED) is 0.335. The number of carbonyl (C=O) groups excluding carboxylic acids is 3. The number of nitrogens with zero attached hydrogens (tertiary/aromatic N) is 2. The number of fused-ring (bicyclic) bond motifs is 1. The van der Waals surface area contributed by atoms with Gasteiger partial charge in [0.05, 0.1) is 30.4 Å². The molecule has 1 aliphatic heterocycles. The Hall–Kier alpha value is -3.63. The van der Waals surface area contributed by atoms with Crippen LogP contribution in [0.25, 0.3) is 0 Å². The maximum absolute atomic E-state index is 14.3. The highest BCUT2D eigenvalue weighted by Gasteiger charge is 2.32. The maximum atomic E-state index is 14.3. The third-order valence-corrected chi connectivity index (χ3v) is 9.13. The summed E-state index contributed by atoms with van der Waals surface area (Å²) in [5.41, 5.74) is 1.38. The topological polar surface area (TPSA) is 120 Å². The van der Waals surface area contributed by atoms with Crippen molar-refractivity contribution < 1.29 is 29.0 Å². The molecular formula is C36H52N4O6. The predicted octanol–water partition coefficient (Wildman–Crippen LogP) is 6.16. The van der Waals surface area contributed by atoms with Crippen molar-refractivity contribution in [2.75, 3.05) is 44.0 Å². The Morgan fingerprint density at radius 1 is 0.978 bits per heavy atom. The molecule has 2 aromatic rings. The molecule has 1 aliphatic carbocycles. The molecule has 0 spiro atoms. The van der Waals surface area contributed by atoms with Crippen LogP contribution in [-0.2, 0) is 9.53 Å². The number of aliphatic hydroxyl groups is 1. The fraction of sp³-hybridized carbons (Fsp3) is 0.583. The summed E-state index contributed by atoms with van der Waals surface area (Å²) in [5, 5.41) is 15.8. The minimum atomic E-state index is -0.492. The summed E-state index contributed by atoms with van der Waals surface area (Å²) in [6, 6.07) is 13.3. The van der Waals surface area contributed by atoms with Crippen molar-refractivity contribution in [1.82, 2.24) is 9.80 Å². The highest BCUT2D eigenvalue weighted by molar-refractivity contribution is 6.02. The monoisotopic (exact) mass is 636 g/mol. The first kappa shape index (κ1) is 35.2. The molecule has 0 unspecified atom stereocenters. The Kier molecular flexibility index (Phi) is 13.3. The lowest BCUT2D eigenvalue weighted by atomic mass is 9.88. The Bertz CT molecular complexity index is 1280. The van der Waals surface area contributed by atoms with Crippen LogP contribution in [0.15, 0.2) is 48.5 Å². The zero-order chi connectivity index (χ0) is 33.1. The van der Waals surface area contributed by atoms with E-state index in [2.05, 4.69) is 10.6 Å². The Labute approximate surface area is 273 Å². The van der Waals surface area contributed by atoms with Gasteiger partial charge in [-0.2, -0.15) is 0 Å². The first-order chi connectivity index (χ1) is 22.2.